The number of amides is 2. The van der Waals surface area contributed by atoms with Gasteiger partial charge in [0.2, 0.25) is 5.91 Å². The van der Waals surface area contributed by atoms with Gasteiger partial charge in [-0.1, -0.05) is 0 Å². The molecule has 9 heteroatoms. The molecule has 0 aromatic carbocycles. The molecule has 0 aromatic heterocycles. The highest BCUT2D eigenvalue weighted by molar-refractivity contribution is 5.74. The molecule has 2 amide bonds. The predicted molar refractivity (Wildman–Crippen MR) is 50.6 cm³/mol. The first-order valence-corrected chi connectivity index (χ1v) is 3.66. The van der Waals surface area contributed by atoms with E-state index in [0.29, 0.717) is 0 Å². The van der Waals surface area contributed by atoms with Crippen molar-refractivity contribution < 1.29 is 30.0 Å². The fourth-order valence-corrected chi connectivity index (χ4v) is 0.0577. The Morgan fingerprint density at radius 2 is 1.27 bits per heavy atom. The average Bonchev–Trinajstić information content (AvgIpc) is 2.16. The maximum absolute atomic E-state index is 9.34. The largest absolute Gasteiger partial charge is 0.465 e. The molecule has 0 aliphatic carbocycles. The van der Waals surface area contributed by atoms with Crippen LogP contribution in [0, 0.1) is 0 Å². The molecule has 10 N–H and O–H groups in total. The SMILES string of the molecule is NC(=O)CO.NC(=O)O.NC(CO)CO. The van der Waals surface area contributed by atoms with E-state index in [2.05, 4.69) is 11.5 Å². The first kappa shape index (κ1) is 19.2. The summed E-state index contributed by atoms with van der Waals surface area (Å²) >= 11 is 0. The lowest BCUT2D eigenvalue weighted by Crippen LogP contribution is -2.27. The second-order valence-corrected chi connectivity index (χ2v) is 2.09. The number of aliphatic hydroxyl groups excluding tert-OH is 3. The van der Waals surface area contributed by atoms with Gasteiger partial charge in [-0.2, -0.15) is 0 Å². The molecule has 0 fully saturated rings. The molecule has 0 atom stereocenters. The van der Waals surface area contributed by atoms with Gasteiger partial charge in [-0.3, -0.25) is 4.79 Å². The smallest absolute Gasteiger partial charge is 0.402 e. The van der Waals surface area contributed by atoms with Crippen molar-refractivity contribution in [1.82, 2.24) is 0 Å². The van der Waals surface area contributed by atoms with Crippen LogP contribution in [0.15, 0.2) is 0 Å². The van der Waals surface area contributed by atoms with Gasteiger partial charge >= 0.3 is 6.09 Å². The Balaban J connectivity index is -0.000000147. The van der Waals surface area contributed by atoms with Crippen LogP contribution in [0.3, 0.4) is 0 Å². The van der Waals surface area contributed by atoms with E-state index < -0.39 is 24.6 Å². The van der Waals surface area contributed by atoms with Gasteiger partial charge in [0.15, 0.2) is 0 Å². The van der Waals surface area contributed by atoms with Crippen LogP contribution >= 0.6 is 0 Å². The van der Waals surface area contributed by atoms with Crippen molar-refractivity contribution in [3.8, 4) is 0 Å². The van der Waals surface area contributed by atoms with Gasteiger partial charge in [0.25, 0.3) is 0 Å². The molecule has 0 saturated heterocycles. The van der Waals surface area contributed by atoms with Gasteiger partial charge in [-0.25, -0.2) is 4.79 Å². The van der Waals surface area contributed by atoms with Gasteiger partial charge in [-0.05, 0) is 0 Å². The van der Waals surface area contributed by atoms with Crippen molar-refractivity contribution in [3.05, 3.63) is 0 Å². The zero-order valence-corrected chi connectivity index (χ0v) is 8.04. The van der Waals surface area contributed by atoms with E-state index in [-0.39, 0.29) is 13.2 Å². The quantitative estimate of drug-likeness (QED) is 0.258. The van der Waals surface area contributed by atoms with E-state index >= 15 is 0 Å². The highest BCUT2D eigenvalue weighted by Gasteiger charge is 1.91. The second-order valence-electron chi connectivity index (χ2n) is 2.09. The third-order valence-corrected chi connectivity index (χ3v) is 0.625. The fraction of sp³-hybridized carbons (Fsp3) is 0.667. The van der Waals surface area contributed by atoms with E-state index in [4.69, 9.17) is 31.0 Å². The molecular weight excluding hydrogens is 210 g/mol. The van der Waals surface area contributed by atoms with E-state index in [1.165, 1.54) is 0 Å². The van der Waals surface area contributed by atoms with Crippen LogP contribution in [0.4, 0.5) is 4.79 Å². The molecule has 0 spiro atoms. The lowest BCUT2D eigenvalue weighted by atomic mass is 10.4. The maximum atomic E-state index is 9.34. The van der Waals surface area contributed by atoms with Crippen LogP contribution in [0.5, 0.6) is 0 Å². The summed E-state index contributed by atoms with van der Waals surface area (Å²) in [6.07, 6.45) is -1.33. The first-order valence-electron chi connectivity index (χ1n) is 3.66. The van der Waals surface area contributed by atoms with Crippen LogP contribution < -0.4 is 17.2 Å². The Morgan fingerprint density at radius 3 is 1.27 bits per heavy atom. The summed E-state index contributed by atoms with van der Waals surface area (Å²) in [7, 11) is 0. The van der Waals surface area contributed by atoms with Crippen LogP contribution in [0.25, 0.3) is 0 Å². The molecule has 92 valence electrons. The molecule has 0 bridgehead atoms. The third kappa shape index (κ3) is 67.1. The van der Waals surface area contributed by atoms with E-state index in [0.717, 1.165) is 0 Å². The Morgan fingerprint density at radius 1 is 1.07 bits per heavy atom. The number of hydrogen-bond acceptors (Lipinski definition) is 6. The molecule has 0 aliphatic heterocycles. The van der Waals surface area contributed by atoms with Gasteiger partial charge in [0.05, 0.1) is 19.3 Å². The topological polar surface area (TPSA) is 193 Å². The minimum Gasteiger partial charge on any atom is -0.465 e. The second kappa shape index (κ2) is 15.1. The highest BCUT2D eigenvalue weighted by atomic mass is 16.4. The molecule has 0 saturated carbocycles. The van der Waals surface area contributed by atoms with Crippen molar-refractivity contribution in [3.63, 3.8) is 0 Å². The summed E-state index contributed by atoms with van der Waals surface area (Å²) in [6.45, 7) is -0.840. The normalized spacial score (nSPS) is 8.07. The van der Waals surface area contributed by atoms with Crippen LogP contribution in [-0.4, -0.2) is 58.3 Å². The standard InChI is InChI=1S/C3H9NO2.C2H5NO2.CH3NO2/c4-3(1-5)2-6;3-2(5)1-4;2-1(3)4/h3,5-6H,1-2,4H2;4H,1H2,(H2,3,5);2H2,(H,3,4). The molecular formula is C6H17N3O6. The molecule has 0 unspecified atom stereocenters. The third-order valence-electron chi connectivity index (χ3n) is 0.625. The van der Waals surface area contributed by atoms with Crippen molar-refractivity contribution >= 4 is 12.0 Å². The fourth-order valence-electron chi connectivity index (χ4n) is 0.0577. The number of carbonyl (C=O) groups excluding carboxylic acids is 1. The average molecular weight is 227 g/mol. The van der Waals surface area contributed by atoms with Crippen LogP contribution in [0.2, 0.25) is 0 Å². The van der Waals surface area contributed by atoms with Crippen LogP contribution in [-0.2, 0) is 4.79 Å². The monoisotopic (exact) mass is 227 g/mol. The summed E-state index contributed by atoms with van der Waals surface area (Å²) in [5, 5.41) is 31.0. The number of nitrogens with two attached hydrogens (primary N) is 3. The van der Waals surface area contributed by atoms with Crippen molar-refractivity contribution in [2.24, 2.45) is 17.2 Å². The Labute approximate surface area is 86.1 Å². The molecule has 9 nitrogen and oxygen atoms in total. The van der Waals surface area contributed by atoms with E-state index in [1.54, 1.807) is 0 Å². The molecule has 0 heterocycles. The zero-order chi connectivity index (χ0) is 12.9. The number of carboxylic acid groups (broad SMARTS) is 1. The van der Waals surface area contributed by atoms with Crippen molar-refractivity contribution in [2.45, 2.75) is 6.04 Å². The molecule has 0 aromatic rings. The maximum Gasteiger partial charge on any atom is 0.402 e. The van der Waals surface area contributed by atoms with Gasteiger partial charge < -0.3 is 37.6 Å². The Kier molecular flexibility index (Phi) is 19.3. The van der Waals surface area contributed by atoms with Crippen LogP contribution in [0.1, 0.15) is 0 Å². The van der Waals surface area contributed by atoms with E-state index in [1.807, 2.05) is 0 Å². The van der Waals surface area contributed by atoms with Gasteiger partial charge in [0, 0.05) is 0 Å². The molecule has 15 heavy (non-hydrogen) atoms. The summed E-state index contributed by atoms with van der Waals surface area (Å²) in [4.78, 5) is 18.1. The zero-order valence-electron chi connectivity index (χ0n) is 8.04. The number of primary amides is 2. The van der Waals surface area contributed by atoms with Gasteiger partial charge in [-0.15, -0.1) is 0 Å². The number of rotatable bonds is 3. The minimum absolute atomic E-state index is 0.142. The van der Waals surface area contributed by atoms with E-state index in [9.17, 15) is 4.79 Å². The lowest BCUT2D eigenvalue weighted by molar-refractivity contribution is -0.120. The molecule has 0 radical (unpaired) electrons. The minimum atomic E-state index is -1.33. The van der Waals surface area contributed by atoms with Crippen molar-refractivity contribution in [1.29, 1.82) is 0 Å². The van der Waals surface area contributed by atoms with Gasteiger partial charge in [0.1, 0.15) is 6.61 Å². The lowest BCUT2D eigenvalue weighted by Gasteiger charge is -1.98. The number of carbonyl (C=O) groups is 2. The van der Waals surface area contributed by atoms with Crippen molar-refractivity contribution in [2.75, 3.05) is 19.8 Å². The summed E-state index contributed by atoms with van der Waals surface area (Å²) in [5.41, 5.74) is 13.4. The number of hydrogen-bond donors (Lipinski definition) is 7. The molecule has 0 rings (SSSR count). The molecule has 0 aliphatic rings. The highest BCUT2D eigenvalue weighted by Crippen LogP contribution is 1.66. The first-order chi connectivity index (χ1) is 6.81. The Bertz CT molecular complexity index is 157. The number of aliphatic hydroxyl groups is 3. The Hall–Kier alpha value is -1.42. The summed E-state index contributed by atoms with van der Waals surface area (Å²) in [5.74, 6) is -0.690. The predicted octanol–water partition coefficient (Wildman–Crippen LogP) is -3.61. The summed E-state index contributed by atoms with van der Waals surface area (Å²) < 4.78 is 0. The summed E-state index contributed by atoms with van der Waals surface area (Å²) in [6, 6.07) is -0.454.